The average Bonchev–Trinajstić information content (AvgIpc) is 2.41. The fraction of sp³-hybridized carbons (Fsp3) is 0.667. The van der Waals surface area contributed by atoms with E-state index in [4.69, 9.17) is 0 Å². The molecule has 1 heterocycles. The van der Waals surface area contributed by atoms with Gasteiger partial charge in [0.15, 0.2) is 10.0 Å². The topological polar surface area (TPSA) is 117 Å². The molecular weight excluding hydrogens is 391 g/mol. The molecule has 2 rings (SSSR count). The zero-order chi connectivity index (χ0) is 15.6. The number of hydrogen-bond acceptors (Lipinski definition) is 6. The molecule has 2 aliphatic rings. The molecule has 116 valence electrons. The number of nitrogens with zero attached hydrogens (tertiary/aromatic N) is 2. The Kier molecular flexibility index (Phi) is 4.81. The molecule has 1 aliphatic heterocycles. The molecule has 0 spiro atoms. The second kappa shape index (κ2) is 6.26. The summed E-state index contributed by atoms with van der Waals surface area (Å²) in [6.07, 6.45) is 3.11. The number of amidine groups is 1. The molecular formula is C12H17IN4O4. The summed E-state index contributed by atoms with van der Waals surface area (Å²) in [5.74, 6) is -0.777. The summed E-state index contributed by atoms with van der Waals surface area (Å²) in [4.78, 5) is 26.0. The Hall–Kier alpha value is -1.23. The van der Waals surface area contributed by atoms with Crippen LogP contribution in [0.2, 0.25) is 0 Å². The highest BCUT2D eigenvalue weighted by atomic mass is 127. The molecule has 0 bridgehead atoms. The van der Waals surface area contributed by atoms with Gasteiger partial charge in [-0.25, -0.2) is 4.99 Å². The third-order valence-corrected chi connectivity index (χ3v) is 4.66. The molecule has 0 amide bonds. The zero-order valence-electron chi connectivity index (χ0n) is 11.5. The molecule has 8 nitrogen and oxygen atoms in total. The first kappa shape index (κ1) is 16.1. The van der Waals surface area contributed by atoms with Gasteiger partial charge in [-0.15, -0.1) is 0 Å². The van der Waals surface area contributed by atoms with Gasteiger partial charge >= 0.3 is 11.7 Å². The van der Waals surface area contributed by atoms with E-state index in [0.29, 0.717) is 29.5 Å². The average molecular weight is 408 g/mol. The highest BCUT2D eigenvalue weighted by molar-refractivity contribution is 14.1. The quantitative estimate of drug-likeness (QED) is 0.281. The van der Waals surface area contributed by atoms with Gasteiger partial charge in [0.2, 0.25) is 0 Å². The lowest BCUT2D eigenvalue weighted by atomic mass is 9.74. The normalized spacial score (nSPS) is 32.7. The molecule has 0 aromatic carbocycles. The van der Waals surface area contributed by atoms with Gasteiger partial charge in [0.1, 0.15) is 0 Å². The van der Waals surface area contributed by atoms with Crippen LogP contribution in [0.25, 0.3) is 0 Å². The van der Waals surface area contributed by atoms with Crippen molar-refractivity contribution < 1.29 is 14.8 Å². The minimum absolute atomic E-state index is 0.0259. The maximum absolute atomic E-state index is 11.2. The van der Waals surface area contributed by atoms with E-state index < -0.39 is 22.5 Å². The molecule has 1 unspecified atom stereocenters. The van der Waals surface area contributed by atoms with Gasteiger partial charge < -0.3 is 10.4 Å². The van der Waals surface area contributed by atoms with Crippen molar-refractivity contribution in [2.45, 2.75) is 44.8 Å². The molecule has 9 heteroatoms. The predicted octanol–water partition coefficient (Wildman–Crippen LogP) is 1.45. The van der Waals surface area contributed by atoms with Crippen molar-refractivity contribution in [1.82, 2.24) is 10.6 Å². The highest BCUT2D eigenvalue weighted by Gasteiger charge is 2.39. The number of carboxylic acid groups (broad SMARTS) is 1. The van der Waals surface area contributed by atoms with Crippen LogP contribution in [0, 0.1) is 15.5 Å². The highest BCUT2D eigenvalue weighted by Crippen LogP contribution is 2.36. The number of hydrogen-bond donors (Lipinski definition) is 3. The van der Waals surface area contributed by atoms with Crippen LogP contribution >= 0.6 is 22.6 Å². The second-order valence-electron chi connectivity index (χ2n) is 5.60. The Balaban J connectivity index is 1.99. The molecule has 1 saturated carbocycles. The van der Waals surface area contributed by atoms with E-state index in [-0.39, 0.29) is 11.7 Å². The molecule has 0 radical (unpaired) electrons. The summed E-state index contributed by atoms with van der Waals surface area (Å²) in [5, 5.41) is 26.1. The molecule has 0 aromatic heterocycles. The van der Waals surface area contributed by atoms with Crippen LogP contribution in [0.3, 0.4) is 0 Å². The monoisotopic (exact) mass is 408 g/mol. The first-order chi connectivity index (χ1) is 9.82. The first-order valence-corrected chi connectivity index (χ1v) is 7.73. The lowest BCUT2D eigenvalue weighted by Gasteiger charge is -2.35. The van der Waals surface area contributed by atoms with Crippen molar-refractivity contribution in [1.29, 1.82) is 0 Å². The van der Waals surface area contributed by atoms with Crippen LogP contribution < -0.4 is 10.6 Å². The van der Waals surface area contributed by atoms with Crippen molar-refractivity contribution in [3.8, 4) is 0 Å². The fourth-order valence-electron chi connectivity index (χ4n) is 2.56. The van der Waals surface area contributed by atoms with Gasteiger partial charge in [-0.3, -0.25) is 20.2 Å². The second-order valence-corrected chi connectivity index (χ2v) is 6.62. The Morgan fingerprint density at radius 1 is 1.62 bits per heavy atom. The minimum Gasteiger partial charge on any atom is -0.481 e. The lowest BCUT2D eigenvalue weighted by molar-refractivity contribution is -0.431. The summed E-state index contributed by atoms with van der Waals surface area (Å²) < 4.78 is 0.585. The molecule has 1 fully saturated rings. The van der Waals surface area contributed by atoms with Crippen LogP contribution in [0.5, 0.6) is 0 Å². The van der Waals surface area contributed by atoms with E-state index >= 15 is 0 Å². The number of nitrogens with one attached hydrogen (secondary N) is 2. The molecule has 1 aliphatic carbocycles. The van der Waals surface area contributed by atoms with E-state index in [0.717, 1.165) is 0 Å². The zero-order valence-corrected chi connectivity index (χ0v) is 13.7. The molecule has 3 N–H and O–H groups in total. The smallest absolute Gasteiger partial charge is 0.309 e. The Labute approximate surface area is 135 Å². The van der Waals surface area contributed by atoms with Crippen molar-refractivity contribution in [3.05, 3.63) is 22.0 Å². The van der Waals surface area contributed by atoms with Gasteiger partial charge in [0.05, 0.1) is 16.5 Å². The Morgan fingerprint density at radius 3 is 2.76 bits per heavy atom. The van der Waals surface area contributed by atoms with E-state index in [9.17, 15) is 20.0 Å². The largest absolute Gasteiger partial charge is 0.481 e. The SMILES string of the molecule is CC1(C(=O)O)CCC(NC2N=C(I)NC=C2[N+](=O)[O-])CC1. The number of rotatable bonds is 4. The van der Waals surface area contributed by atoms with Crippen LogP contribution in [0.15, 0.2) is 16.9 Å². The van der Waals surface area contributed by atoms with Crippen LogP contribution in [-0.2, 0) is 4.79 Å². The van der Waals surface area contributed by atoms with Crippen molar-refractivity contribution in [2.75, 3.05) is 0 Å². The van der Waals surface area contributed by atoms with Crippen molar-refractivity contribution in [3.63, 3.8) is 0 Å². The maximum Gasteiger partial charge on any atom is 0.309 e. The molecule has 21 heavy (non-hydrogen) atoms. The number of carboxylic acids is 1. The number of carbonyl (C=O) groups is 1. The van der Waals surface area contributed by atoms with Crippen molar-refractivity contribution in [2.24, 2.45) is 10.4 Å². The number of aliphatic carboxylic acids is 1. The fourth-order valence-corrected chi connectivity index (χ4v) is 3.00. The van der Waals surface area contributed by atoms with E-state index in [1.165, 1.54) is 6.20 Å². The van der Waals surface area contributed by atoms with Crippen molar-refractivity contribution >= 4 is 32.4 Å². The van der Waals surface area contributed by atoms with Gasteiger partial charge in [-0.1, -0.05) is 0 Å². The summed E-state index contributed by atoms with van der Waals surface area (Å²) in [7, 11) is 0. The van der Waals surface area contributed by atoms with Gasteiger partial charge in [-0.2, -0.15) is 0 Å². The summed E-state index contributed by atoms with van der Waals surface area (Å²) in [6, 6.07) is 0.0387. The third-order valence-electron chi connectivity index (χ3n) is 4.07. The summed E-state index contributed by atoms with van der Waals surface area (Å²) in [5.41, 5.74) is -0.715. The number of aliphatic imine (C=N–C) groups is 1. The maximum atomic E-state index is 11.2. The molecule has 0 aromatic rings. The van der Waals surface area contributed by atoms with Crippen LogP contribution in [0.1, 0.15) is 32.6 Å². The predicted molar refractivity (Wildman–Crippen MR) is 84.6 cm³/mol. The first-order valence-electron chi connectivity index (χ1n) is 6.65. The molecule has 1 atom stereocenters. The van der Waals surface area contributed by atoms with Crippen LogP contribution in [-0.4, -0.2) is 32.0 Å². The Morgan fingerprint density at radius 2 is 2.24 bits per heavy atom. The van der Waals surface area contributed by atoms with E-state index in [1.54, 1.807) is 6.92 Å². The summed E-state index contributed by atoms with van der Waals surface area (Å²) in [6.45, 7) is 1.75. The van der Waals surface area contributed by atoms with E-state index in [2.05, 4.69) is 15.6 Å². The number of halogens is 1. The minimum atomic E-state index is -0.777. The lowest BCUT2D eigenvalue weighted by Crippen LogP contribution is -2.46. The van der Waals surface area contributed by atoms with Crippen LogP contribution in [0.4, 0.5) is 0 Å². The molecule has 0 saturated heterocycles. The number of nitro groups is 1. The van der Waals surface area contributed by atoms with Gasteiger partial charge in [0.25, 0.3) is 0 Å². The standard InChI is InChI=1S/C12H17IN4O4/c1-12(10(18)19)4-2-7(3-5-12)15-9-8(17(20)21)6-14-11(13)16-9/h6-7,9,15H,2-5H2,1H3,(H,14,16)(H,18,19). The third kappa shape index (κ3) is 3.70. The van der Waals surface area contributed by atoms with Gasteiger partial charge in [0, 0.05) is 6.04 Å². The Bertz CT molecular complexity index is 511. The van der Waals surface area contributed by atoms with E-state index in [1.807, 2.05) is 22.6 Å². The summed E-state index contributed by atoms with van der Waals surface area (Å²) >= 11 is 1.97. The van der Waals surface area contributed by atoms with Gasteiger partial charge in [-0.05, 0) is 55.2 Å².